The van der Waals surface area contributed by atoms with E-state index in [-0.39, 0.29) is 11.8 Å². The van der Waals surface area contributed by atoms with Crippen molar-refractivity contribution in [2.45, 2.75) is 39.0 Å². The van der Waals surface area contributed by atoms with Crippen LogP contribution in [0, 0.1) is 5.92 Å². The number of nitrogens with one attached hydrogen (secondary N) is 1. The van der Waals surface area contributed by atoms with Gasteiger partial charge in [-0.1, -0.05) is 19.1 Å². The third-order valence-corrected chi connectivity index (χ3v) is 5.33. The van der Waals surface area contributed by atoms with Gasteiger partial charge in [0.05, 0.1) is 0 Å². The Morgan fingerprint density at radius 3 is 2.56 bits per heavy atom. The Bertz CT molecular complexity index is 593. The fourth-order valence-electron chi connectivity index (χ4n) is 3.73. The number of nitrogens with zero attached hydrogens (tertiary/aromatic N) is 2. The molecule has 0 aliphatic carbocycles. The summed E-state index contributed by atoms with van der Waals surface area (Å²) in [6.07, 6.45) is 5.12. The zero-order valence-corrected chi connectivity index (χ0v) is 15.2. The maximum absolute atomic E-state index is 12.6. The lowest BCUT2D eigenvalue weighted by Gasteiger charge is -2.17. The molecule has 2 aliphatic rings. The Balaban J connectivity index is 1.46. The maximum atomic E-state index is 12.6. The molecule has 5 nitrogen and oxygen atoms in total. The molecule has 0 aromatic heterocycles. The van der Waals surface area contributed by atoms with Gasteiger partial charge in [-0.2, -0.15) is 0 Å². The zero-order chi connectivity index (χ0) is 17.6. The summed E-state index contributed by atoms with van der Waals surface area (Å²) in [6.45, 7) is 6.79. The number of carbonyl (C=O) groups excluding carboxylic acids is 2. The smallest absolute Gasteiger partial charge is 0.239 e. The monoisotopic (exact) mass is 343 g/mol. The average molecular weight is 343 g/mol. The van der Waals surface area contributed by atoms with Crippen molar-refractivity contribution in [2.75, 3.05) is 37.6 Å². The van der Waals surface area contributed by atoms with E-state index >= 15 is 0 Å². The topological polar surface area (TPSA) is 52.7 Å². The van der Waals surface area contributed by atoms with E-state index in [1.54, 1.807) is 4.90 Å². The molecule has 2 heterocycles. The maximum Gasteiger partial charge on any atom is 0.239 e. The number of aryl methyl sites for hydroxylation is 1. The summed E-state index contributed by atoms with van der Waals surface area (Å²) < 4.78 is 0. The molecule has 1 aromatic rings. The van der Waals surface area contributed by atoms with E-state index in [2.05, 4.69) is 17.1 Å². The molecule has 5 heteroatoms. The SMILES string of the molecule is CCc1ccc(N2CC[C@@H](C(=O)NCCCN3CCCC3)C2=O)cc1. The van der Waals surface area contributed by atoms with E-state index in [0.717, 1.165) is 25.1 Å². The van der Waals surface area contributed by atoms with E-state index in [9.17, 15) is 9.59 Å². The van der Waals surface area contributed by atoms with Crippen LogP contribution in [-0.4, -0.2) is 49.4 Å². The number of hydrogen-bond donors (Lipinski definition) is 1. The van der Waals surface area contributed by atoms with Crippen LogP contribution in [0.15, 0.2) is 24.3 Å². The van der Waals surface area contributed by atoms with Gasteiger partial charge in [-0.15, -0.1) is 0 Å². The van der Waals surface area contributed by atoms with Crippen LogP contribution in [0.5, 0.6) is 0 Å². The fourth-order valence-corrected chi connectivity index (χ4v) is 3.73. The summed E-state index contributed by atoms with van der Waals surface area (Å²) in [4.78, 5) is 29.1. The first-order valence-corrected chi connectivity index (χ1v) is 9.59. The van der Waals surface area contributed by atoms with E-state index in [0.29, 0.717) is 19.5 Å². The first kappa shape index (κ1) is 17.9. The fraction of sp³-hybridized carbons (Fsp3) is 0.600. The van der Waals surface area contributed by atoms with Gasteiger partial charge in [-0.05, 0) is 69.4 Å². The Morgan fingerprint density at radius 2 is 1.88 bits per heavy atom. The molecule has 25 heavy (non-hydrogen) atoms. The van der Waals surface area contributed by atoms with Gasteiger partial charge in [-0.3, -0.25) is 9.59 Å². The number of benzene rings is 1. The summed E-state index contributed by atoms with van der Waals surface area (Å²) in [5.41, 5.74) is 2.15. The molecule has 0 spiro atoms. The molecule has 0 unspecified atom stereocenters. The molecule has 2 aliphatic heterocycles. The largest absolute Gasteiger partial charge is 0.355 e. The minimum Gasteiger partial charge on any atom is -0.355 e. The first-order chi connectivity index (χ1) is 12.2. The highest BCUT2D eigenvalue weighted by Crippen LogP contribution is 2.25. The predicted molar refractivity (Wildman–Crippen MR) is 99.6 cm³/mol. The molecule has 3 rings (SSSR count). The summed E-state index contributed by atoms with van der Waals surface area (Å²) in [5, 5.41) is 2.96. The van der Waals surface area contributed by atoms with E-state index < -0.39 is 5.92 Å². The van der Waals surface area contributed by atoms with Crippen LogP contribution in [0.25, 0.3) is 0 Å². The summed E-state index contributed by atoms with van der Waals surface area (Å²) in [6, 6.07) is 8.06. The molecule has 136 valence electrons. The van der Waals surface area contributed by atoms with Crippen LogP contribution < -0.4 is 10.2 Å². The molecule has 2 fully saturated rings. The Labute approximate surface area is 150 Å². The van der Waals surface area contributed by atoms with Crippen molar-refractivity contribution >= 4 is 17.5 Å². The van der Waals surface area contributed by atoms with Gasteiger partial charge >= 0.3 is 0 Å². The van der Waals surface area contributed by atoms with Crippen molar-refractivity contribution in [3.63, 3.8) is 0 Å². The van der Waals surface area contributed by atoms with Gasteiger partial charge in [-0.25, -0.2) is 0 Å². The third-order valence-electron chi connectivity index (χ3n) is 5.33. The second-order valence-corrected chi connectivity index (χ2v) is 7.04. The van der Waals surface area contributed by atoms with E-state index in [4.69, 9.17) is 0 Å². The number of likely N-dealkylation sites (tertiary alicyclic amines) is 1. The Kier molecular flexibility index (Phi) is 6.08. The van der Waals surface area contributed by atoms with Gasteiger partial charge in [0.2, 0.25) is 11.8 Å². The number of hydrogen-bond acceptors (Lipinski definition) is 3. The molecular weight excluding hydrogens is 314 g/mol. The lowest BCUT2D eigenvalue weighted by molar-refractivity contribution is -0.132. The quantitative estimate of drug-likeness (QED) is 0.610. The van der Waals surface area contributed by atoms with Crippen LogP contribution in [0.1, 0.15) is 38.2 Å². The normalized spacial score (nSPS) is 21.1. The highest BCUT2D eigenvalue weighted by molar-refractivity contribution is 6.09. The van der Waals surface area contributed by atoms with Gasteiger partial charge in [0.15, 0.2) is 0 Å². The predicted octanol–water partition coefficient (Wildman–Crippen LogP) is 2.20. The van der Waals surface area contributed by atoms with Crippen LogP contribution >= 0.6 is 0 Å². The zero-order valence-electron chi connectivity index (χ0n) is 15.2. The molecule has 0 saturated carbocycles. The molecule has 0 bridgehead atoms. The summed E-state index contributed by atoms with van der Waals surface area (Å²) in [7, 11) is 0. The minimum atomic E-state index is -0.530. The lowest BCUT2D eigenvalue weighted by Crippen LogP contribution is -2.38. The Hall–Kier alpha value is -1.88. The molecule has 2 saturated heterocycles. The molecule has 1 atom stereocenters. The molecule has 0 radical (unpaired) electrons. The second-order valence-electron chi connectivity index (χ2n) is 7.04. The van der Waals surface area contributed by atoms with Gasteiger partial charge < -0.3 is 15.1 Å². The van der Waals surface area contributed by atoms with Crippen LogP contribution in [0.2, 0.25) is 0 Å². The lowest BCUT2D eigenvalue weighted by atomic mass is 10.1. The van der Waals surface area contributed by atoms with E-state index in [1.165, 1.54) is 31.5 Å². The average Bonchev–Trinajstić information content (AvgIpc) is 3.28. The first-order valence-electron chi connectivity index (χ1n) is 9.59. The second kappa shape index (κ2) is 8.48. The number of carbonyl (C=O) groups is 2. The number of anilines is 1. The molecular formula is C20H29N3O2. The molecule has 2 amide bonds. The van der Waals surface area contributed by atoms with Crippen LogP contribution in [0.4, 0.5) is 5.69 Å². The number of rotatable bonds is 7. The molecule has 1 aromatic carbocycles. The standard InChI is InChI=1S/C20H29N3O2/c1-2-16-6-8-17(9-7-16)23-15-10-18(20(23)25)19(24)21-11-5-14-22-12-3-4-13-22/h6-9,18H,2-5,10-15H2,1H3,(H,21,24)/t18-/m0/s1. The van der Waals surface area contributed by atoms with Gasteiger partial charge in [0, 0.05) is 18.8 Å². The third kappa shape index (κ3) is 4.40. The van der Waals surface area contributed by atoms with Gasteiger partial charge in [0.25, 0.3) is 0 Å². The van der Waals surface area contributed by atoms with Crippen LogP contribution in [-0.2, 0) is 16.0 Å². The van der Waals surface area contributed by atoms with Crippen molar-refractivity contribution in [1.29, 1.82) is 0 Å². The minimum absolute atomic E-state index is 0.0682. The van der Waals surface area contributed by atoms with E-state index in [1.807, 2.05) is 24.3 Å². The molecule has 1 N–H and O–H groups in total. The highest BCUT2D eigenvalue weighted by atomic mass is 16.2. The van der Waals surface area contributed by atoms with Crippen molar-refractivity contribution in [3.05, 3.63) is 29.8 Å². The van der Waals surface area contributed by atoms with Gasteiger partial charge in [0.1, 0.15) is 5.92 Å². The van der Waals surface area contributed by atoms with Crippen molar-refractivity contribution in [2.24, 2.45) is 5.92 Å². The van der Waals surface area contributed by atoms with Crippen molar-refractivity contribution < 1.29 is 9.59 Å². The Morgan fingerprint density at radius 1 is 1.16 bits per heavy atom. The van der Waals surface area contributed by atoms with Crippen LogP contribution in [0.3, 0.4) is 0 Å². The number of amides is 2. The highest BCUT2D eigenvalue weighted by Gasteiger charge is 2.37. The summed E-state index contributed by atoms with van der Waals surface area (Å²) >= 11 is 0. The van der Waals surface area contributed by atoms with Crippen molar-refractivity contribution in [3.8, 4) is 0 Å². The summed E-state index contributed by atoms with van der Waals surface area (Å²) in [5.74, 6) is -0.710. The van der Waals surface area contributed by atoms with Crippen molar-refractivity contribution in [1.82, 2.24) is 10.2 Å².